The van der Waals surface area contributed by atoms with E-state index in [-0.39, 0.29) is 17.9 Å². The molecule has 3 rings (SSSR count). The minimum atomic E-state index is -0.00254. The van der Waals surface area contributed by atoms with Crippen LogP contribution in [0.5, 0.6) is 0 Å². The van der Waals surface area contributed by atoms with Crippen LogP contribution in [-0.2, 0) is 9.53 Å². The SMILES string of the molecule is O=C(NC1CCN(C(=O)CC[C@@H]2CCOC2)CC1)c1ccsc1. The maximum Gasteiger partial charge on any atom is 0.252 e. The first-order valence-electron chi connectivity index (χ1n) is 8.41. The van der Waals surface area contributed by atoms with Crippen molar-refractivity contribution in [1.29, 1.82) is 0 Å². The molecule has 0 aliphatic carbocycles. The van der Waals surface area contributed by atoms with Gasteiger partial charge in [-0.3, -0.25) is 9.59 Å². The summed E-state index contributed by atoms with van der Waals surface area (Å²) in [5.41, 5.74) is 0.729. The van der Waals surface area contributed by atoms with Gasteiger partial charge in [-0.25, -0.2) is 0 Å². The lowest BCUT2D eigenvalue weighted by Crippen LogP contribution is -2.46. The zero-order valence-corrected chi connectivity index (χ0v) is 14.1. The lowest BCUT2D eigenvalue weighted by molar-refractivity contribution is -0.132. The van der Waals surface area contributed by atoms with E-state index in [9.17, 15) is 9.59 Å². The summed E-state index contributed by atoms with van der Waals surface area (Å²) in [6, 6.07) is 2.01. The van der Waals surface area contributed by atoms with E-state index in [0.717, 1.165) is 57.6 Å². The van der Waals surface area contributed by atoms with Crippen molar-refractivity contribution >= 4 is 23.2 Å². The van der Waals surface area contributed by atoms with E-state index < -0.39 is 0 Å². The van der Waals surface area contributed by atoms with E-state index in [1.54, 1.807) is 0 Å². The number of ether oxygens (including phenoxy) is 1. The van der Waals surface area contributed by atoms with Gasteiger partial charge in [0.15, 0.2) is 0 Å². The van der Waals surface area contributed by atoms with Crippen molar-refractivity contribution in [1.82, 2.24) is 10.2 Å². The molecule has 0 bridgehead atoms. The molecule has 1 N–H and O–H groups in total. The van der Waals surface area contributed by atoms with Crippen LogP contribution in [0.25, 0.3) is 0 Å². The van der Waals surface area contributed by atoms with Gasteiger partial charge in [0.2, 0.25) is 5.91 Å². The number of hydrogen-bond acceptors (Lipinski definition) is 4. The largest absolute Gasteiger partial charge is 0.381 e. The highest BCUT2D eigenvalue weighted by atomic mass is 32.1. The molecule has 0 unspecified atom stereocenters. The lowest BCUT2D eigenvalue weighted by atomic mass is 10.0. The summed E-state index contributed by atoms with van der Waals surface area (Å²) in [5.74, 6) is 0.804. The third-order valence-corrected chi connectivity index (χ3v) is 5.44. The Morgan fingerprint density at radius 2 is 2.13 bits per heavy atom. The zero-order chi connectivity index (χ0) is 16.1. The predicted octanol–water partition coefficient (Wildman–Crippen LogP) is 2.29. The van der Waals surface area contributed by atoms with Gasteiger partial charge in [-0.05, 0) is 43.0 Å². The first-order chi connectivity index (χ1) is 11.2. The summed E-state index contributed by atoms with van der Waals surface area (Å²) < 4.78 is 5.35. The van der Waals surface area contributed by atoms with Crippen LogP contribution >= 0.6 is 11.3 Å². The Morgan fingerprint density at radius 3 is 2.78 bits per heavy atom. The standard InChI is InChI=1S/C17H24N2O3S/c20-16(2-1-13-5-9-22-11-13)19-7-3-15(4-8-19)18-17(21)14-6-10-23-12-14/h6,10,12-13,15H,1-5,7-9,11H2,(H,18,21)/t13-/m1/s1. The van der Waals surface area contributed by atoms with Gasteiger partial charge in [0, 0.05) is 49.7 Å². The van der Waals surface area contributed by atoms with Gasteiger partial charge < -0.3 is 15.0 Å². The Balaban J connectivity index is 1.37. The average molecular weight is 336 g/mol. The van der Waals surface area contributed by atoms with Crippen LogP contribution in [0, 0.1) is 5.92 Å². The molecule has 2 amide bonds. The quantitative estimate of drug-likeness (QED) is 0.897. The van der Waals surface area contributed by atoms with Gasteiger partial charge in [0.25, 0.3) is 5.91 Å². The average Bonchev–Trinajstić information content (AvgIpc) is 3.26. The second kappa shape index (κ2) is 7.93. The number of nitrogens with one attached hydrogen (secondary N) is 1. The summed E-state index contributed by atoms with van der Waals surface area (Å²) >= 11 is 1.53. The van der Waals surface area contributed by atoms with Crippen LogP contribution in [-0.4, -0.2) is 49.1 Å². The van der Waals surface area contributed by atoms with Gasteiger partial charge in [-0.2, -0.15) is 11.3 Å². The molecule has 0 aromatic carbocycles. The molecule has 2 aliphatic rings. The monoisotopic (exact) mass is 336 g/mol. The van der Waals surface area contributed by atoms with E-state index in [4.69, 9.17) is 4.74 Å². The normalized spacial score (nSPS) is 22.3. The molecule has 23 heavy (non-hydrogen) atoms. The molecule has 2 fully saturated rings. The summed E-state index contributed by atoms with van der Waals surface area (Å²) in [6.07, 6.45) is 4.33. The number of piperidine rings is 1. The Kier molecular flexibility index (Phi) is 5.67. The Bertz CT molecular complexity index is 518. The van der Waals surface area contributed by atoms with E-state index in [2.05, 4.69) is 5.32 Å². The first-order valence-corrected chi connectivity index (χ1v) is 9.35. The van der Waals surface area contributed by atoms with E-state index in [0.29, 0.717) is 12.3 Å². The molecule has 3 heterocycles. The number of hydrogen-bond donors (Lipinski definition) is 1. The number of amides is 2. The van der Waals surface area contributed by atoms with Crippen LogP contribution in [0.3, 0.4) is 0 Å². The van der Waals surface area contributed by atoms with Crippen LogP contribution in [0.1, 0.15) is 42.5 Å². The molecule has 126 valence electrons. The van der Waals surface area contributed by atoms with Crippen molar-refractivity contribution in [3.63, 3.8) is 0 Å². The Hall–Kier alpha value is -1.40. The molecule has 6 heteroatoms. The van der Waals surface area contributed by atoms with Crippen molar-refractivity contribution in [3.8, 4) is 0 Å². The van der Waals surface area contributed by atoms with Crippen molar-refractivity contribution in [3.05, 3.63) is 22.4 Å². The van der Waals surface area contributed by atoms with E-state index in [1.807, 2.05) is 21.7 Å². The highest BCUT2D eigenvalue weighted by Gasteiger charge is 2.25. The number of carbonyl (C=O) groups is 2. The third-order valence-electron chi connectivity index (χ3n) is 4.76. The molecule has 1 atom stereocenters. The number of thiophene rings is 1. The highest BCUT2D eigenvalue weighted by Crippen LogP contribution is 2.20. The van der Waals surface area contributed by atoms with Gasteiger partial charge in [0.1, 0.15) is 0 Å². The molecular weight excluding hydrogens is 312 g/mol. The molecule has 0 saturated carbocycles. The maximum absolute atomic E-state index is 12.3. The van der Waals surface area contributed by atoms with E-state index in [1.165, 1.54) is 11.3 Å². The van der Waals surface area contributed by atoms with Crippen molar-refractivity contribution in [2.45, 2.75) is 38.1 Å². The van der Waals surface area contributed by atoms with Gasteiger partial charge in [0.05, 0.1) is 0 Å². The Morgan fingerprint density at radius 1 is 1.30 bits per heavy atom. The fraction of sp³-hybridized carbons (Fsp3) is 0.647. The molecule has 5 nitrogen and oxygen atoms in total. The highest BCUT2D eigenvalue weighted by molar-refractivity contribution is 7.08. The summed E-state index contributed by atoms with van der Waals surface area (Å²) in [6.45, 7) is 3.14. The number of rotatable bonds is 5. The molecule has 2 saturated heterocycles. The van der Waals surface area contributed by atoms with Gasteiger partial charge in [-0.15, -0.1) is 0 Å². The molecular formula is C17H24N2O3S. The fourth-order valence-corrected chi connectivity index (χ4v) is 3.87. The molecule has 0 radical (unpaired) electrons. The molecule has 1 aromatic rings. The number of carbonyl (C=O) groups excluding carboxylic acids is 2. The third kappa shape index (κ3) is 4.54. The van der Waals surface area contributed by atoms with E-state index >= 15 is 0 Å². The minimum absolute atomic E-state index is 0.00254. The molecule has 0 spiro atoms. The van der Waals surface area contributed by atoms with Crippen LogP contribution in [0.15, 0.2) is 16.8 Å². The molecule has 2 aliphatic heterocycles. The second-order valence-corrected chi connectivity index (χ2v) is 7.19. The predicted molar refractivity (Wildman–Crippen MR) is 89.5 cm³/mol. The number of nitrogens with zero attached hydrogens (tertiary/aromatic N) is 1. The smallest absolute Gasteiger partial charge is 0.252 e. The topological polar surface area (TPSA) is 58.6 Å². The minimum Gasteiger partial charge on any atom is -0.381 e. The van der Waals surface area contributed by atoms with Gasteiger partial charge in [-0.1, -0.05) is 0 Å². The fourth-order valence-electron chi connectivity index (χ4n) is 3.23. The number of likely N-dealkylation sites (tertiary alicyclic amines) is 1. The van der Waals surface area contributed by atoms with Crippen LogP contribution in [0.4, 0.5) is 0 Å². The summed E-state index contributed by atoms with van der Waals surface area (Å²) in [4.78, 5) is 26.3. The van der Waals surface area contributed by atoms with Crippen molar-refractivity contribution < 1.29 is 14.3 Å². The summed E-state index contributed by atoms with van der Waals surface area (Å²) in [5, 5.41) is 6.84. The van der Waals surface area contributed by atoms with Crippen molar-refractivity contribution in [2.75, 3.05) is 26.3 Å². The van der Waals surface area contributed by atoms with Crippen LogP contribution in [0.2, 0.25) is 0 Å². The lowest BCUT2D eigenvalue weighted by Gasteiger charge is -2.32. The van der Waals surface area contributed by atoms with Gasteiger partial charge >= 0.3 is 0 Å². The van der Waals surface area contributed by atoms with Crippen molar-refractivity contribution in [2.24, 2.45) is 5.92 Å². The molecule has 1 aromatic heterocycles. The Labute approximate surface area is 141 Å². The van der Waals surface area contributed by atoms with Crippen LogP contribution < -0.4 is 5.32 Å². The first kappa shape index (κ1) is 16.5. The zero-order valence-electron chi connectivity index (χ0n) is 13.3. The second-order valence-electron chi connectivity index (χ2n) is 6.41. The maximum atomic E-state index is 12.3. The summed E-state index contributed by atoms with van der Waals surface area (Å²) in [7, 11) is 0.